The second-order valence-electron chi connectivity index (χ2n) is 3.98. The van der Waals surface area contributed by atoms with E-state index in [9.17, 15) is 0 Å². The van der Waals surface area contributed by atoms with Crippen LogP contribution in [0.5, 0.6) is 0 Å². The second-order valence-corrected chi connectivity index (χ2v) is 4.85. The zero-order valence-corrected chi connectivity index (χ0v) is 8.64. The molecular weight excluding hydrogens is 180 g/mol. The van der Waals surface area contributed by atoms with Crippen LogP contribution in [0.15, 0.2) is 11.6 Å². The van der Waals surface area contributed by atoms with E-state index in [0.29, 0.717) is 11.8 Å². The Kier molecular flexibility index (Phi) is 1.37. The molecule has 0 N–H and O–H groups in total. The summed E-state index contributed by atoms with van der Waals surface area (Å²) < 4.78 is 2.26. The van der Waals surface area contributed by atoms with Crippen molar-refractivity contribution in [2.45, 2.75) is 32.1 Å². The van der Waals surface area contributed by atoms with Gasteiger partial charge in [-0.25, -0.2) is 4.98 Å². The molecule has 2 aromatic rings. The SMILES string of the molecule is CC1CC(C)c2c1nc1sccn21. The maximum Gasteiger partial charge on any atom is 0.194 e. The monoisotopic (exact) mass is 192 g/mol. The highest BCUT2D eigenvalue weighted by Gasteiger charge is 2.30. The van der Waals surface area contributed by atoms with Gasteiger partial charge in [-0.05, 0) is 12.3 Å². The van der Waals surface area contributed by atoms with Crippen molar-refractivity contribution < 1.29 is 0 Å². The number of thiazole rings is 1. The molecule has 0 aromatic carbocycles. The molecule has 1 aliphatic carbocycles. The number of fused-ring (bicyclic) bond motifs is 3. The molecule has 0 spiro atoms. The Labute approximate surface area is 81.2 Å². The number of aromatic nitrogens is 2. The van der Waals surface area contributed by atoms with Gasteiger partial charge in [-0.2, -0.15) is 0 Å². The van der Waals surface area contributed by atoms with E-state index in [1.807, 2.05) is 0 Å². The topological polar surface area (TPSA) is 17.3 Å². The third-order valence-electron chi connectivity index (χ3n) is 2.97. The van der Waals surface area contributed by atoms with E-state index in [-0.39, 0.29) is 0 Å². The lowest BCUT2D eigenvalue weighted by atomic mass is 10.1. The van der Waals surface area contributed by atoms with Gasteiger partial charge in [-0.1, -0.05) is 13.8 Å². The Bertz CT molecular complexity index is 454. The fourth-order valence-electron chi connectivity index (χ4n) is 2.43. The summed E-state index contributed by atoms with van der Waals surface area (Å²) in [6.45, 7) is 4.58. The Morgan fingerprint density at radius 2 is 2.31 bits per heavy atom. The normalized spacial score (nSPS) is 26.9. The van der Waals surface area contributed by atoms with Crippen molar-refractivity contribution in [3.8, 4) is 0 Å². The third-order valence-corrected chi connectivity index (χ3v) is 3.72. The molecule has 2 heterocycles. The summed E-state index contributed by atoms with van der Waals surface area (Å²) in [5.74, 6) is 1.33. The van der Waals surface area contributed by atoms with Crippen LogP contribution in [0.1, 0.15) is 43.5 Å². The van der Waals surface area contributed by atoms with Crippen molar-refractivity contribution in [2.75, 3.05) is 0 Å². The molecule has 0 radical (unpaired) electrons. The molecule has 0 saturated carbocycles. The van der Waals surface area contributed by atoms with E-state index >= 15 is 0 Å². The summed E-state index contributed by atoms with van der Waals surface area (Å²) in [7, 11) is 0. The Morgan fingerprint density at radius 3 is 3.15 bits per heavy atom. The van der Waals surface area contributed by atoms with Crippen LogP contribution in [0.25, 0.3) is 4.96 Å². The molecule has 68 valence electrons. The van der Waals surface area contributed by atoms with Crippen LogP contribution < -0.4 is 0 Å². The molecule has 3 heteroatoms. The average Bonchev–Trinajstić information content (AvgIpc) is 2.63. The predicted octanol–water partition coefficient (Wildman–Crippen LogP) is 3.01. The highest BCUT2D eigenvalue weighted by Crippen LogP contribution is 2.41. The Morgan fingerprint density at radius 1 is 1.46 bits per heavy atom. The van der Waals surface area contributed by atoms with Gasteiger partial charge in [0.1, 0.15) is 0 Å². The molecule has 1 aliphatic rings. The van der Waals surface area contributed by atoms with Gasteiger partial charge in [0, 0.05) is 23.2 Å². The van der Waals surface area contributed by atoms with Crippen LogP contribution in [0.4, 0.5) is 0 Å². The van der Waals surface area contributed by atoms with E-state index in [1.54, 1.807) is 11.3 Å². The van der Waals surface area contributed by atoms with Crippen LogP contribution in [-0.4, -0.2) is 9.38 Å². The van der Waals surface area contributed by atoms with Gasteiger partial charge in [-0.15, -0.1) is 11.3 Å². The van der Waals surface area contributed by atoms with Crippen molar-refractivity contribution in [1.29, 1.82) is 0 Å². The number of imidazole rings is 1. The standard InChI is InChI=1S/C10H12N2S/c1-6-5-7(2)9-8(6)11-10-12(9)3-4-13-10/h3-4,6-7H,5H2,1-2H3. The van der Waals surface area contributed by atoms with Crippen molar-refractivity contribution in [2.24, 2.45) is 0 Å². The minimum absolute atomic E-state index is 0.650. The zero-order chi connectivity index (χ0) is 9.00. The first-order valence-corrected chi connectivity index (χ1v) is 5.60. The predicted molar refractivity (Wildman–Crippen MR) is 54.5 cm³/mol. The minimum Gasteiger partial charge on any atom is -0.294 e. The minimum atomic E-state index is 0.650. The third kappa shape index (κ3) is 0.854. The summed E-state index contributed by atoms with van der Waals surface area (Å²) in [5.41, 5.74) is 2.78. The average molecular weight is 192 g/mol. The molecule has 0 bridgehead atoms. The first-order chi connectivity index (χ1) is 6.27. The molecule has 13 heavy (non-hydrogen) atoms. The largest absolute Gasteiger partial charge is 0.294 e. The van der Waals surface area contributed by atoms with E-state index in [1.165, 1.54) is 17.8 Å². The Balaban J connectivity index is 2.37. The molecule has 0 saturated heterocycles. The van der Waals surface area contributed by atoms with Crippen LogP contribution in [0, 0.1) is 0 Å². The zero-order valence-electron chi connectivity index (χ0n) is 7.82. The number of nitrogens with zero attached hydrogens (tertiary/aromatic N) is 2. The molecule has 3 rings (SSSR count). The van der Waals surface area contributed by atoms with Crippen LogP contribution in [-0.2, 0) is 0 Å². The van der Waals surface area contributed by atoms with Crippen molar-refractivity contribution in [1.82, 2.24) is 9.38 Å². The first kappa shape index (κ1) is 7.56. The number of hydrogen-bond acceptors (Lipinski definition) is 2. The quantitative estimate of drug-likeness (QED) is 0.627. The molecule has 0 fully saturated rings. The smallest absolute Gasteiger partial charge is 0.194 e. The highest BCUT2D eigenvalue weighted by molar-refractivity contribution is 7.15. The van der Waals surface area contributed by atoms with Crippen molar-refractivity contribution in [3.63, 3.8) is 0 Å². The van der Waals surface area contributed by atoms with Crippen LogP contribution in [0.2, 0.25) is 0 Å². The fourth-order valence-corrected chi connectivity index (χ4v) is 3.15. The molecule has 2 atom stereocenters. The molecular formula is C10H12N2S. The van der Waals surface area contributed by atoms with Gasteiger partial charge in [0.05, 0.1) is 5.69 Å². The molecule has 2 unspecified atom stereocenters. The van der Waals surface area contributed by atoms with Crippen molar-refractivity contribution >= 4 is 16.3 Å². The molecule has 2 nitrogen and oxygen atoms in total. The van der Waals surface area contributed by atoms with Crippen molar-refractivity contribution in [3.05, 3.63) is 23.0 Å². The molecule has 0 aliphatic heterocycles. The summed E-state index contributed by atoms with van der Waals surface area (Å²) >= 11 is 1.73. The summed E-state index contributed by atoms with van der Waals surface area (Å²) in [5, 5.41) is 2.11. The van der Waals surface area contributed by atoms with E-state index in [0.717, 1.165) is 4.96 Å². The fraction of sp³-hybridized carbons (Fsp3) is 0.500. The maximum absolute atomic E-state index is 4.67. The van der Waals surface area contributed by atoms with Gasteiger partial charge in [-0.3, -0.25) is 4.40 Å². The summed E-state index contributed by atoms with van der Waals surface area (Å²) in [4.78, 5) is 5.82. The molecule has 2 aromatic heterocycles. The highest BCUT2D eigenvalue weighted by atomic mass is 32.1. The van der Waals surface area contributed by atoms with Gasteiger partial charge in [0.25, 0.3) is 0 Å². The van der Waals surface area contributed by atoms with Gasteiger partial charge < -0.3 is 0 Å². The second kappa shape index (κ2) is 2.35. The lowest BCUT2D eigenvalue weighted by molar-refractivity contribution is 0.643. The summed E-state index contributed by atoms with van der Waals surface area (Å²) in [6.07, 6.45) is 3.40. The van der Waals surface area contributed by atoms with Gasteiger partial charge in [0.15, 0.2) is 4.96 Å². The number of rotatable bonds is 0. The van der Waals surface area contributed by atoms with Crippen LogP contribution >= 0.6 is 11.3 Å². The first-order valence-electron chi connectivity index (χ1n) is 4.72. The lowest BCUT2D eigenvalue weighted by Gasteiger charge is -2.01. The van der Waals surface area contributed by atoms with Gasteiger partial charge >= 0.3 is 0 Å². The summed E-state index contributed by atoms with van der Waals surface area (Å²) in [6, 6.07) is 0. The van der Waals surface area contributed by atoms with E-state index in [2.05, 4.69) is 34.8 Å². The van der Waals surface area contributed by atoms with E-state index < -0.39 is 0 Å². The van der Waals surface area contributed by atoms with Crippen LogP contribution in [0.3, 0.4) is 0 Å². The lowest BCUT2D eigenvalue weighted by Crippen LogP contribution is -1.91. The van der Waals surface area contributed by atoms with Gasteiger partial charge in [0.2, 0.25) is 0 Å². The maximum atomic E-state index is 4.67. The number of hydrogen-bond donors (Lipinski definition) is 0. The Hall–Kier alpha value is -0.830. The van der Waals surface area contributed by atoms with E-state index in [4.69, 9.17) is 0 Å². The molecule has 0 amide bonds.